The van der Waals surface area contributed by atoms with E-state index < -0.39 is 0 Å². The molecule has 0 radical (unpaired) electrons. The van der Waals surface area contributed by atoms with E-state index in [-0.39, 0.29) is 0 Å². The Hall–Kier alpha value is -6.85. The first-order chi connectivity index (χ1) is 24.8. The van der Waals surface area contributed by atoms with Crippen molar-refractivity contribution in [3.05, 3.63) is 170 Å². The molecule has 234 valence electrons. The minimum absolute atomic E-state index is 0.499. The number of pyridine rings is 1. The Kier molecular flexibility index (Phi) is 6.42. The standard InChI is InChI=1S/C45H28N4O/c1-3-12-30(13-4-1)43-39-28-42-38(27-37(39)35-18-7-9-20-40(35)46-43)36-19-8-10-21-41(36)49(42)34-17-11-16-33(26-34)29-22-24-32(25-23-29)45-48-47-44(50-45)31-14-5-2-6-15-31/h1-28H. The highest BCUT2D eigenvalue weighted by Gasteiger charge is 2.18. The Bertz CT molecular complexity index is 2850. The van der Waals surface area contributed by atoms with E-state index in [0.29, 0.717) is 11.8 Å². The zero-order valence-corrected chi connectivity index (χ0v) is 26.9. The molecule has 0 bridgehead atoms. The number of rotatable bonds is 5. The molecule has 5 nitrogen and oxygen atoms in total. The highest BCUT2D eigenvalue weighted by atomic mass is 16.4. The average molecular weight is 641 g/mol. The lowest BCUT2D eigenvalue weighted by atomic mass is 9.98. The van der Waals surface area contributed by atoms with E-state index in [1.54, 1.807) is 0 Å². The number of fused-ring (bicyclic) bond motifs is 6. The van der Waals surface area contributed by atoms with Gasteiger partial charge in [0.2, 0.25) is 11.8 Å². The van der Waals surface area contributed by atoms with Crippen molar-refractivity contribution in [2.75, 3.05) is 0 Å². The highest BCUT2D eigenvalue weighted by molar-refractivity contribution is 6.20. The molecule has 3 aromatic heterocycles. The molecule has 0 N–H and O–H groups in total. The topological polar surface area (TPSA) is 56.7 Å². The number of para-hydroxylation sites is 2. The molecule has 3 heterocycles. The van der Waals surface area contributed by atoms with Gasteiger partial charge in [0.15, 0.2) is 0 Å². The van der Waals surface area contributed by atoms with Crippen LogP contribution in [0.1, 0.15) is 0 Å². The maximum atomic E-state index is 6.01. The molecule has 0 saturated carbocycles. The monoisotopic (exact) mass is 640 g/mol. The van der Waals surface area contributed by atoms with E-state index in [2.05, 4.69) is 142 Å². The van der Waals surface area contributed by atoms with Crippen molar-refractivity contribution in [1.29, 1.82) is 0 Å². The van der Waals surface area contributed by atoms with Crippen LogP contribution in [-0.4, -0.2) is 19.7 Å². The van der Waals surface area contributed by atoms with E-state index in [0.717, 1.165) is 66.5 Å². The third-order valence-corrected chi connectivity index (χ3v) is 9.56. The van der Waals surface area contributed by atoms with Gasteiger partial charge >= 0.3 is 0 Å². The summed E-state index contributed by atoms with van der Waals surface area (Å²) in [6.45, 7) is 0. The summed E-state index contributed by atoms with van der Waals surface area (Å²) in [5, 5.41) is 14.5. The van der Waals surface area contributed by atoms with Crippen LogP contribution < -0.4 is 0 Å². The summed E-state index contributed by atoms with van der Waals surface area (Å²) < 4.78 is 8.40. The maximum absolute atomic E-state index is 6.01. The molecule has 10 rings (SSSR count). The van der Waals surface area contributed by atoms with Crippen LogP contribution in [0.25, 0.3) is 94.5 Å². The molecule has 10 aromatic rings. The normalized spacial score (nSPS) is 11.6. The molecule has 0 unspecified atom stereocenters. The fraction of sp³-hybridized carbons (Fsp3) is 0. The minimum Gasteiger partial charge on any atom is -0.416 e. The van der Waals surface area contributed by atoms with Gasteiger partial charge in [-0.1, -0.05) is 109 Å². The molecular formula is C45H28N4O. The third kappa shape index (κ3) is 4.60. The summed E-state index contributed by atoms with van der Waals surface area (Å²) in [5.41, 5.74) is 10.5. The second kappa shape index (κ2) is 11.4. The fourth-order valence-corrected chi connectivity index (χ4v) is 7.17. The molecule has 0 fully saturated rings. The maximum Gasteiger partial charge on any atom is 0.248 e. The minimum atomic E-state index is 0.499. The van der Waals surface area contributed by atoms with Crippen LogP contribution in [0.2, 0.25) is 0 Å². The van der Waals surface area contributed by atoms with Crippen LogP contribution in [0.5, 0.6) is 0 Å². The first kappa shape index (κ1) is 28.2. The number of benzene rings is 7. The number of hydrogen-bond acceptors (Lipinski definition) is 4. The molecule has 5 heteroatoms. The van der Waals surface area contributed by atoms with Gasteiger partial charge in [-0.25, -0.2) is 4.98 Å². The predicted molar refractivity (Wildman–Crippen MR) is 203 cm³/mol. The van der Waals surface area contributed by atoms with Crippen LogP contribution in [0.15, 0.2) is 174 Å². The molecular weight excluding hydrogens is 613 g/mol. The quantitative estimate of drug-likeness (QED) is 0.176. The Morgan fingerprint density at radius 3 is 1.78 bits per heavy atom. The van der Waals surface area contributed by atoms with Gasteiger partial charge in [-0.15, -0.1) is 10.2 Å². The molecule has 7 aromatic carbocycles. The van der Waals surface area contributed by atoms with Crippen molar-refractivity contribution >= 4 is 43.5 Å². The van der Waals surface area contributed by atoms with Crippen LogP contribution in [0, 0.1) is 0 Å². The Balaban J connectivity index is 1.12. The van der Waals surface area contributed by atoms with E-state index in [1.807, 2.05) is 42.5 Å². The Labute approximate surface area is 287 Å². The summed E-state index contributed by atoms with van der Waals surface area (Å²) in [4.78, 5) is 5.21. The van der Waals surface area contributed by atoms with Crippen LogP contribution in [-0.2, 0) is 0 Å². The Morgan fingerprint density at radius 2 is 1.00 bits per heavy atom. The molecule has 0 aliphatic rings. The van der Waals surface area contributed by atoms with Gasteiger partial charge in [-0.05, 0) is 77.2 Å². The molecule has 0 saturated heterocycles. The van der Waals surface area contributed by atoms with Gasteiger partial charge in [0.1, 0.15) is 0 Å². The van der Waals surface area contributed by atoms with Gasteiger partial charge in [-0.2, -0.15) is 0 Å². The average Bonchev–Trinajstić information content (AvgIpc) is 3.81. The summed E-state index contributed by atoms with van der Waals surface area (Å²) in [5.74, 6) is 1.01. The molecule has 0 aliphatic heterocycles. The highest BCUT2D eigenvalue weighted by Crippen LogP contribution is 2.40. The lowest BCUT2D eigenvalue weighted by Gasteiger charge is -2.13. The molecule has 0 aliphatic carbocycles. The largest absolute Gasteiger partial charge is 0.416 e. The van der Waals surface area contributed by atoms with Gasteiger partial charge in [0, 0.05) is 43.9 Å². The molecule has 50 heavy (non-hydrogen) atoms. The third-order valence-electron chi connectivity index (χ3n) is 9.56. The van der Waals surface area contributed by atoms with Gasteiger partial charge < -0.3 is 8.98 Å². The van der Waals surface area contributed by atoms with E-state index in [9.17, 15) is 0 Å². The fourth-order valence-electron chi connectivity index (χ4n) is 7.17. The summed E-state index contributed by atoms with van der Waals surface area (Å²) in [6.07, 6.45) is 0. The molecule has 0 amide bonds. The van der Waals surface area contributed by atoms with Crippen molar-refractivity contribution in [3.63, 3.8) is 0 Å². The molecule has 0 atom stereocenters. The first-order valence-corrected chi connectivity index (χ1v) is 16.7. The summed E-state index contributed by atoms with van der Waals surface area (Å²) >= 11 is 0. The lowest BCUT2D eigenvalue weighted by Crippen LogP contribution is -1.95. The van der Waals surface area contributed by atoms with Crippen molar-refractivity contribution in [1.82, 2.24) is 19.7 Å². The zero-order valence-electron chi connectivity index (χ0n) is 26.9. The van der Waals surface area contributed by atoms with Gasteiger partial charge in [0.25, 0.3) is 0 Å². The van der Waals surface area contributed by atoms with E-state index in [1.165, 1.54) is 16.2 Å². The van der Waals surface area contributed by atoms with Gasteiger partial charge in [-0.3, -0.25) is 0 Å². The Morgan fingerprint density at radius 1 is 0.380 bits per heavy atom. The molecule has 0 spiro atoms. The zero-order chi connectivity index (χ0) is 33.0. The van der Waals surface area contributed by atoms with Crippen LogP contribution >= 0.6 is 0 Å². The van der Waals surface area contributed by atoms with E-state index in [4.69, 9.17) is 9.40 Å². The summed E-state index contributed by atoms with van der Waals surface area (Å²) in [7, 11) is 0. The lowest BCUT2D eigenvalue weighted by molar-refractivity contribution is 0.584. The predicted octanol–water partition coefficient (Wildman–Crippen LogP) is 11.5. The van der Waals surface area contributed by atoms with Crippen molar-refractivity contribution in [3.8, 4) is 51.0 Å². The van der Waals surface area contributed by atoms with Crippen LogP contribution in [0.3, 0.4) is 0 Å². The van der Waals surface area contributed by atoms with Crippen molar-refractivity contribution in [2.24, 2.45) is 0 Å². The second-order valence-corrected chi connectivity index (χ2v) is 12.5. The number of hydrogen-bond donors (Lipinski definition) is 0. The number of nitrogens with zero attached hydrogens (tertiary/aromatic N) is 4. The SMILES string of the molecule is c1ccc(-c2nnc(-c3ccc(-c4cccc(-n5c6ccccc6c6cc7c(cc65)c(-c5ccccc5)nc5ccccc57)c4)cc3)o2)cc1. The number of aromatic nitrogens is 4. The second-order valence-electron chi connectivity index (χ2n) is 12.5. The van der Waals surface area contributed by atoms with Crippen molar-refractivity contribution in [2.45, 2.75) is 0 Å². The summed E-state index contributed by atoms with van der Waals surface area (Å²) in [6, 6.07) is 59.2. The van der Waals surface area contributed by atoms with E-state index >= 15 is 0 Å². The van der Waals surface area contributed by atoms with Crippen LogP contribution in [0.4, 0.5) is 0 Å². The van der Waals surface area contributed by atoms with Crippen molar-refractivity contribution < 1.29 is 4.42 Å². The smallest absolute Gasteiger partial charge is 0.248 e. The first-order valence-electron chi connectivity index (χ1n) is 16.7. The van der Waals surface area contributed by atoms with Gasteiger partial charge in [0.05, 0.1) is 22.2 Å².